The van der Waals surface area contributed by atoms with Gasteiger partial charge in [-0.25, -0.2) is 9.97 Å². The van der Waals surface area contributed by atoms with Crippen LogP contribution in [-0.4, -0.2) is 29.1 Å². The highest BCUT2D eigenvalue weighted by molar-refractivity contribution is 6.30. The van der Waals surface area contributed by atoms with E-state index in [9.17, 15) is 0 Å². The molecule has 0 radical (unpaired) electrons. The van der Waals surface area contributed by atoms with Crippen molar-refractivity contribution in [3.63, 3.8) is 0 Å². The summed E-state index contributed by atoms with van der Waals surface area (Å²) in [4.78, 5) is 10.6. The molecule has 5 heteroatoms. The first kappa shape index (κ1) is 10.6. The van der Waals surface area contributed by atoms with Crippen LogP contribution in [0.25, 0.3) is 0 Å². The van der Waals surface area contributed by atoms with Gasteiger partial charge in [-0.3, -0.25) is 0 Å². The van der Waals surface area contributed by atoms with Crippen molar-refractivity contribution >= 4 is 17.5 Å². The van der Waals surface area contributed by atoms with E-state index in [-0.39, 0.29) is 6.04 Å². The summed E-state index contributed by atoms with van der Waals surface area (Å²) in [7, 11) is 0. The third kappa shape index (κ3) is 2.38. The maximum absolute atomic E-state index is 5.96. The largest absolute Gasteiger partial charge is 0.339 e. The van der Waals surface area contributed by atoms with Crippen LogP contribution in [-0.2, 0) is 0 Å². The summed E-state index contributed by atoms with van der Waals surface area (Å²) >= 11 is 5.96. The minimum atomic E-state index is 0.224. The zero-order chi connectivity index (χ0) is 10.8. The van der Waals surface area contributed by atoms with Crippen molar-refractivity contribution in [1.29, 1.82) is 0 Å². The van der Waals surface area contributed by atoms with Crippen molar-refractivity contribution in [3.05, 3.63) is 16.9 Å². The third-order valence-electron chi connectivity index (χ3n) is 2.64. The molecule has 1 saturated heterocycles. The average molecular weight is 227 g/mol. The van der Waals surface area contributed by atoms with Crippen LogP contribution in [0.1, 0.15) is 18.4 Å². The molecule has 0 aromatic carbocycles. The highest BCUT2D eigenvalue weighted by Crippen LogP contribution is 2.18. The smallest absolute Gasteiger partial charge is 0.226 e. The van der Waals surface area contributed by atoms with E-state index in [1.807, 2.05) is 6.92 Å². The van der Waals surface area contributed by atoms with Crippen LogP contribution in [0.15, 0.2) is 6.20 Å². The molecule has 1 atom stereocenters. The Bertz CT molecular complexity index is 355. The molecule has 82 valence electrons. The Hall–Kier alpha value is -0.870. The van der Waals surface area contributed by atoms with Crippen molar-refractivity contribution in [1.82, 2.24) is 9.97 Å². The molecule has 0 aliphatic carbocycles. The number of nitrogens with zero attached hydrogens (tertiary/aromatic N) is 3. The quantitative estimate of drug-likeness (QED) is 0.735. The summed E-state index contributed by atoms with van der Waals surface area (Å²) in [5.74, 6) is 0.695. The number of nitrogens with two attached hydrogens (primary N) is 1. The van der Waals surface area contributed by atoms with Gasteiger partial charge in [0, 0.05) is 30.9 Å². The molecule has 4 nitrogen and oxygen atoms in total. The molecule has 1 aromatic rings. The normalized spacial score (nSPS) is 21.8. The summed E-state index contributed by atoms with van der Waals surface area (Å²) in [5.41, 5.74) is 6.80. The highest BCUT2D eigenvalue weighted by atomic mass is 35.5. The van der Waals surface area contributed by atoms with Gasteiger partial charge >= 0.3 is 0 Å². The topological polar surface area (TPSA) is 55.0 Å². The number of rotatable bonds is 1. The van der Waals surface area contributed by atoms with Crippen molar-refractivity contribution in [2.75, 3.05) is 18.0 Å². The van der Waals surface area contributed by atoms with E-state index in [1.165, 1.54) is 0 Å². The van der Waals surface area contributed by atoms with Crippen LogP contribution in [0, 0.1) is 6.92 Å². The Balaban J connectivity index is 2.18. The SMILES string of the molecule is Cc1cnc(N2CCC[C@H](N)C2)nc1Cl. The first-order chi connectivity index (χ1) is 7.16. The first-order valence-corrected chi connectivity index (χ1v) is 5.54. The van der Waals surface area contributed by atoms with E-state index in [1.54, 1.807) is 6.20 Å². The Kier molecular flexibility index (Phi) is 3.07. The molecule has 0 saturated carbocycles. The lowest BCUT2D eigenvalue weighted by Gasteiger charge is -2.30. The molecule has 2 heterocycles. The number of anilines is 1. The fourth-order valence-corrected chi connectivity index (χ4v) is 1.88. The first-order valence-electron chi connectivity index (χ1n) is 5.16. The van der Waals surface area contributed by atoms with Crippen LogP contribution in [0.3, 0.4) is 0 Å². The average Bonchev–Trinajstić information content (AvgIpc) is 2.22. The van der Waals surface area contributed by atoms with Crippen LogP contribution >= 0.6 is 11.6 Å². The molecular formula is C10H15ClN4. The van der Waals surface area contributed by atoms with Gasteiger partial charge in [-0.05, 0) is 19.8 Å². The van der Waals surface area contributed by atoms with E-state index in [4.69, 9.17) is 17.3 Å². The van der Waals surface area contributed by atoms with Crippen molar-refractivity contribution in [2.45, 2.75) is 25.8 Å². The summed E-state index contributed by atoms with van der Waals surface area (Å²) < 4.78 is 0. The number of piperidine rings is 1. The molecule has 1 aromatic heterocycles. The van der Waals surface area contributed by atoms with Gasteiger partial charge in [0.1, 0.15) is 5.15 Å². The van der Waals surface area contributed by atoms with Crippen LogP contribution < -0.4 is 10.6 Å². The highest BCUT2D eigenvalue weighted by Gasteiger charge is 2.19. The number of halogens is 1. The van der Waals surface area contributed by atoms with Crippen molar-refractivity contribution < 1.29 is 0 Å². The second-order valence-corrected chi connectivity index (χ2v) is 4.35. The van der Waals surface area contributed by atoms with Gasteiger partial charge in [0.15, 0.2) is 0 Å². The van der Waals surface area contributed by atoms with E-state index in [0.717, 1.165) is 31.5 Å². The summed E-state index contributed by atoms with van der Waals surface area (Å²) in [5, 5.41) is 0.527. The number of aryl methyl sites for hydroxylation is 1. The zero-order valence-electron chi connectivity index (χ0n) is 8.78. The van der Waals surface area contributed by atoms with Crippen molar-refractivity contribution in [3.8, 4) is 0 Å². The maximum Gasteiger partial charge on any atom is 0.226 e. The van der Waals surface area contributed by atoms with Crippen molar-refractivity contribution in [2.24, 2.45) is 5.73 Å². The molecule has 2 N–H and O–H groups in total. The molecule has 0 spiro atoms. The van der Waals surface area contributed by atoms with Gasteiger partial charge in [0.05, 0.1) is 0 Å². The fourth-order valence-electron chi connectivity index (χ4n) is 1.76. The standard InChI is InChI=1S/C10H15ClN4/c1-7-5-13-10(14-9(7)11)15-4-2-3-8(12)6-15/h5,8H,2-4,6,12H2,1H3/t8-/m0/s1. The molecule has 2 rings (SSSR count). The van der Waals surface area contributed by atoms with Gasteiger partial charge in [-0.15, -0.1) is 0 Å². The fraction of sp³-hybridized carbons (Fsp3) is 0.600. The third-order valence-corrected chi connectivity index (χ3v) is 3.02. The number of aromatic nitrogens is 2. The second kappa shape index (κ2) is 4.33. The maximum atomic E-state index is 5.96. The van der Waals surface area contributed by atoms with Crippen LogP contribution in [0.2, 0.25) is 5.15 Å². The van der Waals surface area contributed by atoms with Gasteiger partial charge in [0.25, 0.3) is 0 Å². The van der Waals surface area contributed by atoms with Gasteiger partial charge < -0.3 is 10.6 Å². The molecule has 0 amide bonds. The molecule has 0 bridgehead atoms. The van der Waals surface area contributed by atoms with E-state index >= 15 is 0 Å². The Morgan fingerprint density at radius 2 is 2.40 bits per heavy atom. The molecular weight excluding hydrogens is 212 g/mol. The minimum Gasteiger partial charge on any atom is -0.339 e. The van der Waals surface area contributed by atoms with Crippen LogP contribution in [0.4, 0.5) is 5.95 Å². The van der Waals surface area contributed by atoms with Gasteiger partial charge in [0.2, 0.25) is 5.95 Å². The molecule has 15 heavy (non-hydrogen) atoms. The Morgan fingerprint density at radius 3 is 3.07 bits per heavy atom. The predicted molar refractivity (Wildman–Crippen MR) is 61.2 cm³/mol. The number of hydrogen-bond acceptors (Lipinski definition) is 4. The number of hydrogen-bond donors (Lipinski definition) is 1. The lowest BCUT2D eigenvalue weighted by atomic mass is 10.1. The Morgan fingerprint density at radius 1 is 1.60 bits per heavy atom. The molecule has 1 fully saturated rings. The van der Waals surface area contributed by atoms with E-state index in [0.29, 0.717) is 11.1 Å². The lowest BCUT2D eigenvalue weighted by Crippen LogP contribution is -2.43. The Labute approximate surface area is 94.5 Å². The van der Waals surface area contributed by atoms with Gasteiger partial charge in [-0.2, -0.15) is 0 Å². The van der Waals surface area contributed by atoms with Crippen LogP contribution in [0.5, 0.6) is 0 Å². The predicted octanol–water partition coefficient (Wildman–Crippen LogP) is 1.37. The molecule has 1 aliphatic heterocycles. The lowest BCUT2D eigenvalue weighted by molar-refractivity contribution is 0.499. The van der Waals surface area contributed by atoms with Gasteiger partial charge in [-0.1, -0.05) is 11.6 Å². The molecule has 1 aliphatic rings. The molecule has 0 unspecified atom stereocenters. The summed E-state index contributed by atoms with van der Waals surface area (Å²) in [6, 6.07) is 0.224. The van der Waals surface area contributed by atoms with E-state index in [2.05, 4.69) is 14.9 Å². The zero-order valence-corrected chi connectivity index (χ0v) is 9.54. The minimum absolute atomic E-state index is 0.224. The van der Waals surface area contributed by atoms with E-state index < -0.39 is 0 Å². The monoisotopic (exact) mass is 226 g/mol. The summed E-state index contributed by atoms with van der Waals surface area (Å²) in [6.45, 7) is 3.68. The second-order valence-electron chi connectivity index (χ2n) is 3.99. The summed E-state index contributed by atoms with van der Waals surface area (Å²) in [6.07, 6.45) is 3.93.